The Morgan fingerprint density at radius 2 is 1.63 bits per heavy atom. The summed E-state index contributed by atoms with van der Waals surface area (Å²) < 4.78 is 2.04. The number of rotatable bonds is 4. The maximum absolute atomic E-state index is 12.8. The molecule has 2 aromatic carbocycles. The highest BCUT2D eigenvalue weighted by Gasteiger charge is 2.33. The Hall–Kier alpha value is -3.80. The third-order valence-electron chi connectivity index (χ3n) is 5.30. The zero-order valence-electron chi connectivity index (χ0n) is 17.1. The number of carbonyl (C=O) groups is 2. The van der Waals surface area contributed by atoms with Crippen molar-refractivity contribution in [1.29, 1.82) is 0 Å². The van der Waals surface area contributed by atoms with Crippen LogP contribution in [-0.2, 0) is 11.3 Å². The molecule has 6 heteroatoms. The number of phenolic OH excluding ortho intramolecular Hbond substituents is 1. The molecule has 0 spiro atoms. The van der Waals surface area contributed by atoms with Crippen molar-refractivity contribution in [1.82, 2.24) is 14.8 Å². The molecule has 4 rings (SSSR count). The summed E-state index contributed by atoms with van der Waals surface area (Å²) in [4.78, 5) is 26.5. The summed E-state index contributed by atoms with van der Waals surface area (Å²) in [5, 5.41) is 12.2. The van der Waals surface area contributed by atoms with Gasteiger partial charge in [0.1, 0.15) is 11.4 Å². The van der Waals surface area contributed by atoms with Gasteiger partial charge in [-0.15, -0.1) is 0 Å². The minimum absolute atomic E-state index is 0.205. The van der Waals surface area contributed by atoms with Crippen LogP contribution in [0.15, 0.2) is 60.3 Å². The van der Waals surface area contributed by atoms with E-state index < -0.39 is 6.03 Å². The highest BCUT2D eigenvalue weighted by molar-refractivity contribution is 6.14. The van der Waals surface area contributed by atoms with Crippen molar-refractivity contribution in [3.8, 4) is 11.4 Å². The third-order valence-corrected chi connectivity index (χ3v) is 5.30. The van der Waals surface area contributed by atoms with Gasteiger partial charge in [0.2, 0.25) is 0 Å². The van der Waals surface area contributed by atoms with Crippen molar-refractivity contribution in [2.24, 2.45) is 0 Å². The Labute approximate surface area is 175 Å². The molecule has 3 aromatic rings. The summed E-state index contributed by atoms with van der Waals surface area (Å²) in [6.45, 7) is 6.15. The summed E-state index contributed by atoms with van der Waals surface area (Å²) in [6.07, 6.45) is 1.72. The van der Waals surface area contributed by atoms with Crippen LogP contribution in [0, 0.1) is 20.8 Å². The van der Waals surface area contributed by atoms with E-state index in [-0.39, 0.29) is 23.9 Å². The van der Waals surface area contributed by atoms with Gasteiger partial charge in [0, 0.05) is 17.1 Å². The van der Waals surface area contributed by atoms with E-state index in [1.807, 2.05) is 67.8 Å². The van der Waals surface area contributed by atoms with Crippen molar-refractivity contribution in [3.05, 3.63) is 88.4 Å². The second kappa shape index (κ2) is 7.55. The second-order valence-corrected chi connectivity index (χ2v) is 7.54. The molecule has 3 amide bonds. The first-order valence-electron chi connectivity index (χ1n) is 9.72. The van der Waals surface area contributed by atoms with E-state index in [2.05, 4.69) is 5.32 Å². The van der Waals surface area contributed by atoms with Gasteiger partial charge < -0.3 is 15.0 Å². The number of nitrogens with one attached hydrogen (secondary N) is 1. The molecule has 1 fully saturated rings. The molecule has 0 radical (unpaired) electrons. The van der Waals surface area contributed by atoms with Crippen LogP contribution < -0.4 is 5.32 Å². The Morgan fingerprint density at radius 3 is 2.30 bits per heavy atom. The summed E-state index contributed by atoms with van der Waals surface area (Å²) >= 11 is 0. The number of phenols is 1. The van der Waals surface area contributed by atoms with Crippen molar-refractivity contribution < 1.29 is 14.7 Å². The number of benzene rings is 2. The largest absolute Gasteiger partial charge is 0.508 e. The van der Waals surface area contributed by atoms with E-state index in [1.54, 1.807) is 18.2 Å². The number of nitrogens with zero attached hydrogens (tertiary/aromatic N) is 2. The first kappa shape index (κ1) is 19.5. The monoisotopic (exact) mass is 401 g/mol. The molecular formula is C24H23N3O3. The number of hydrogen-bond acceptors (Lipinski definition) is 3. The second-order valence-electron chi connectivity index (χ2n) is 7.54. The van der Waals surface area contributed by atoms with Gasteiger partial charge in [0.15, 0.2) is 0 Å². The summed E-state index contributed by atoms with van der Waals surface area (Å²) in [5.74, 6) is -0.133. The minimum atomic E-state index is -0.417. The van der Waals surface area contributed by atoms with Gasteiger partial charge in [-0.3, -0.25) is 9.69 Å². The summed E-state index contributed by atoms with van der Waals surface area (Å²) in [5.41, 5.74) is 5.97. The number of aromatic hydroxyl groups is 1. The number of carbonyl (C=O) groups excluding carboxylic acids is 2. The van der Waals surface area contributed by atoms with Crippen molar-refractivity contribution in [3.63, 3.8) is 0 Å². The van der Waals surface area contributed by atoms with Gasteiger partial charge in [-0.05, 0) is 68.3 Å². The van der Waals surface area contributed by atoms with Gasteiger partial charge in [-0.1, -0.05) is 29.8 Å². The standard InChI is InChI=1S/C24H23N3O3/c1-15-4-6-18(7-5-15)14-26-23(29)22(25-24(26)30)13-19-12-16(2)27(17(19)3)20-8-10-21(28)11-9-20/h4-13,28H,14H2,1-3H3,(H,25,30)/b22-13+. The lowest BCUT2D eigenvalue weighted by atomic mass is 10.1. The molecule has 6 nitrogen and oxygen atoms in total. The highest BCUT2D eigenvalue weighted by atomic mass is 16.3. The summed E-state index contributed by atoms with van der Waals surface area (Å²) in [7, 11) is 0. The predicted octanol–water partition coefficient (Wildman–Crippen LogP) is 4.20. The Bertz CT molecular complexity index is 1160. The minimum Gasteiger partial charge on any atom is -0.508 e. The van der Waals surface area contributed by atoms with E-state index >= 15 is 0 Å². The van der Waals surface area contributed by atoms with Crippen LogP contribution in [0.4, 0.5) is 4.79 Å². The number of amides is 3. The molecule has 30 heavy (non-hydrogen) atoms. The topological polar surface area (TPSA) is 74.6 Å². The number of urea groups is 1. The average molecular weight is 401 g/mol. The molecule has 0 bridgehead atoms. The van der Waals surface area contributed by atoms with Crippen LogP contribution in [0.25, 0.3) is 11.8 Å². The quantitative estimate of drug-likeness (QED) is 0.508. The van der Waals surface area contributed by atoms with Crippen LogP contribution in [-0.4, -0.2) is 26.5 Å². The molecule has 2 N–H and O–H groups in total. The molecule has 2 heterocycles. The van der Waals surface area contributed by atoms with E-state index in [4.69, 9.17) is 0 Å². The predicted molar refractivity (Wildman–Crippen MR) is 115 cm³/mol. The van der Waals surface area contributed by atoms with Crippen molar-refractivity contribution in [2.75, 3.05) is 0 Å². The maximum atomic E-state index is 12.8. The van der Waals surface area contributed by atoms with Crippen LogP contribution in [0.2, 0.25) is 0 Å². The van der Waals surface area contributed by atoms with Crippen LogP contribution in [0.3, 0.4) is 0 Å². The van der Waals surface area contributed by atoms with Crippen LogP contribution in [0.1, 0.15) is 28.1 Å². The molecule has 0 aliphatic carbocycles. The number of aryl methyl sites for hydroxylation is 2. The van der Waals surface area contributed by atoms with Gasteiger partial charge >= 0.3 is 6.03 Å². The van der Waals surface area contributed by atoms with Crippen molar-refractivity contribution >= 4 is 18.0 Å². The zero-order chi connectivity index (χ0) is 21.4. The van der Waals surface area contributed by atoms with Gasteiger partial charge in [-0.25, -0.2) is 4.79 Å². The van der Waals surface area contributed by atoms with Gasteiger partial charge in [-0.2, -0.15) is 0 Å². The average Bonchev–Trinajstić information content (AvgIpc) is 3.14. The fourth-order valence-corrected chi connectivity index (χ4v) is 3.68. The first-order chi connectivity index (χ1) is 14.3. The van der Waals surface area contributed by atoms with Gasteiger partial charge in [0.05, 0.1) is 6.54 Å². The normalized spacial score (nSPS) is 15.2. The highest BCUT2D eigenvalue weighted by Crippen LogP contribution is 2.25. The lowest BCUT2D eigenvalue weighted by Crippen LogP contribution is -2.30. The fourth-order valence-electron chi connectivity index (χ4n) is 3.68. The fraction of sp³-hybridized carbons (Fsp3) is 0.167. The smallest absolute Gasteiger partial charge is 0.329 e. The van der Waals surface area contributed by atoms with E-state index in [9.17, 15) is 14.7 Å². The Balaban J connectivity index is 1.61. The van der Waals surface area contributed by atoms with Crippen LogP contribution in [0.5, 0.6) is 5.75 Å². The van der Waals surface area contributed by atoms with E-state index in [1.165, 1.54) is 4.90 Å². The molecule has 152 valence electrons. The zero-order valence-corrected chi connectivity index (χ0v) is 17.1. The molecule has 1 aromatic heterocycles. The molecule has 0 unspecified atom stereocenters. The summed E-state index contributed by atoms with van der Waals surface area (Å²) in [6, 6.07) is 16.2. The molecule has 1 aliphatic rings. The third kappa shape index (κ3) is 3.59. The molecule has 1 aliphatic heterocycles. The SMILES string of the molecule is Cc1ccc(CN2C(=O)N/C(=C/c3cc(C)n(-c4ccc(O)cc4)c3C)C2=O)cc1. The number of hydrogen-bond donors (Lipinski definition) is 2. The Kier molecular flexibility index (Phi) is 4.91. The lowest BCUT2D eigenvalue weighted by Gasteiger charge is -2.11. The molecule has 0 atom stereocenters. The van der Waals surface area contributed by atoms with E-state index in [0.29, 0.717) is 0 Å². The molecule has 1 saturated heterocycles. The van der Waals surface area contributed by atoms with Gasteiger partial charge in [0.25, 0.3) is 5.91 Å². The molecule has 0 saturated carbocycles. The Morgan fingerprint density at radius 1 is 0.967 bits per heavy atom. The maximum Gasteiger partial charge on any atom is 0.329 e. The number of aromatic nitrogens is 1. The molecular weight excluding hydrogens is 378 g/mol. The lowest BCUT2D eigenvalue weighted by molar-refractivity contribution is -0.123. The van der Waals surface area contributed by atoms with Crippen LogP contribution >= 0.6 is 0 Å². The first-order valence-corrected chi connectivity index (χ1v) is 9.72. The van der Waals surface area contributed by atoms with Crippen molar-refractivity contribution in [2.45, 2.75) is 27.3 Å². The van der Waals surface area contributed by atoms with E-state index in [0.717, 1.165) is 33.8 Å². The number of imide groups is 1.